The van der Waals surface area contributed by atoms with Crippen LogP contribution in [0, 0.1) is 6.92 Å². The Kier molecular flexibility index (Phi) is 0.955. The molecule has 1 heterocycles. The first-order valence-electron chi connectivity index (χ1n) is 2.88. The maximum Gasteiger partial charge on any atom is 0.325 e. The molecule has 1 aromatic rings. The van der Waals surface area contributed by atoms with Crippen molar-refractivity contribution in [2.75, 3.05) is 0 Å². The third kappa shape index (κ3) is 1.07. The quantitative estimate of drug-likeness (QED) is 0.487. The SMILES string of the molecule is [2H]n1cc(C)c(=O)[nH]c1=O. The fourth-order valence-corrected chi connectivity index (χ4v) is 0.442. The van der Waals surface area contributed by atoms with Gasteiger partial charge in [0.05, 0.1) is 0 Å². The maximum atomic E-state index is 10.6. The number of H-pyrrole nitrogens is 2. The molecule has 0 atom stereocenters. The number of aromatic amines is 2. The zero-order chi connectivity index (χ0) is 7.72. The van der Waals surface area contributed by atoms with Gasteiger partial charge in [0.2, 0.25) is 0 Å². The summed E-state index contributed by atoms with van der Waals surface area (Å²) in [6.45, 7) is 1.53. The normalized spacial score (nSPS) is 11.0. The summed E-state index contributed by atoms with van der Waals surface area (Å²) in [4.78, 5) is 23.7. The molecule has 0 unspecified atom stereocenters. The molecule has 0 saturated heterocycles. The lowest BCUT2D eigenvalue weighted by molar-refractivity contribution is 1.01. The van der Waals surface area contributed by atoms with E-state index in [1.807, 2.05) is 4.98 Å². The zero-order valence-electron chi connectivity index (χ0n) is 5.84. The van der Waals surface area contributed by atoms with Crippen LogP contribution >= 0.6 is 0 Å². The monoisotopic (exact) mass is 127 g/mol. The molecular weight excluding hydrogens is 120 g/mol. The lowest BCUT2D eigenvalue weighted by atomic mass is 10.4. The van der Waals surface area contributed by atoms with E-state index < -0.39 is 11.2 Å². The van der Waals surface area contributed by atoms with E-state index in [-0.39, 0.29) is 0 Å². The van der Waals surface area contributed by atoms with E-state index in [1.54, 1.807) is 0 Å². The van der Waals surface area contributed by atoms with Crippen LogP contribution in [0.3, 0.4) is 0 Å². The van der Waals surface area contributed by atoms with Gasteiger partial charge in [-0.2, -0.15) is 0 Å². The predicted molar refractivity (Wildman–Crippen MR) is 32.4 cm³/mol. The van der Waals surface area contributed by atoms with Crippen molar-refractivity contribution >= 4 is 0 Å². The van der Waals surface area contributed by atoms with Crippen LogP contribution in [0.4, 0.5) is 0 Å². The van der Waals surface area contributed by atoms with Crippen LogP contribution in [0.25, 0.3) is 0 Å². The van der Waals surface area contributed by atoms with Crippen molar-refractivity contribution < 1.29 is 1.41 Å². The van der Waals surface area contributed by atoms with Crippen LogP contribution in [-0.2, 0) is 0 Å². The average Bonchev–Trinajstić information content (AvgIpc) is 1.84. The Bertz CT molecular complexity index is 320. The Hall–Kier alpha value is -1.32. The summed E-state index contributed by atoms with van der Waals surface area (Å²) in [7, 11) is 0. The molecule has 0 bridgehead atoms. The molecule has 4 heteroatoms. The van der Waals surface area contributed by atoms with Crippen LogP contribution in [0.15, 0.2) is 15.8 Å². The molecule has 0 spiro atoms. The minimum absolute atomic E-state index is 0.356. The van der Waals surface area contributed by atoms with E-state index >= 15 is 0 Å². The van der Waals surface area contributed by atoms with E-state index in [2.05, 4.69) is 0 Å². The summed E-state index contributed by atoms with van der Waals surface area (Å²) < 4.78 is 6.89. The lowest BCUT2D eigenvalue weighted by Crippen LogP contribution is -2.22. The highest BCUT2D eigenvalue weighted by Gasteiger charge is 1.88. The van der Waals surface area contributed by atoms with Gasteiger partial charge in [-0.25, -0.2) is 4.79 Å². The number of hydrogen-bond acceptors (Lipinski definition) is 2. The number of aryl methyl sites for hydroxylation is 1. The van der Waals surface area contributed by atoms with Crippen molar-refractivity contribution in [3.05, 3.63) is 32.6 Å². The summed E-state index contributed by atoms with van der Waals surface area (Å²) in [6.07, 6.45) is 1.17. The second-order valence-electron chi connectivity index (χ2n) is 1.70. The summed E-state index contributed by atoms with van der Waals surface area (Å²) in [5.41, 5.74) is -0.793. The van der Waals surface area contributed by atoms with Crippen molar-refractivity contribution in [1.82, 2.24) is 9.96 Å². The average molecular weight is 127 g/mol. The molecule has 48 valence electrons. The molecule has 0 radical (unpaired) electrons. The molecule has 9 heavy (non-hydrogen) atoms. The summed E-state index contributed by atoms with van der Waals surface area (Å²) in [5.74, 6) is 0. The van der Waals surface area contributed by atoms with E-state index in [0.29, 0.717) is 10.5 Å². The molecule has 0 fully saturated rings. The Morgan fingerprint density at radius 3 is 2.89 bits per heavy atom. The van der Waals surface area contributed by atoms with Crippen LogP contribution in [0.5, 0.6) is 0 Å². The van der Waals surface area contributed by atoms with Crippen LogP contribution in [-0.4, -0.2) is 9.96 Å². The summed E-state index contributed by atoms with van der Waals surface area (Å²) in [5, 5.41) is 0. The van der Waals surface area contributed by atoms with Crippen molar-refractivity contribution in [3.8, 4) is 0 Å². The molecule has 0 aliphatic carbocycles. The molecule has 0 aliphatic rings. The van der Waals surface area contributed by atoms with Crippen molar-refractivity contribution in [2.24, 2.45) is 0 Å². The van der Waals surface area contributed by atoms with Crippen LogP contribution in [0.2, 0.25) is 1.41 Å². The molecule has 1 rings (SSSR count). The Labute approximate surface area is 52.0 Å². The van der Waals surface area contributed by atoms with Gasteiger partial charge in [-0.3, -0.25) is 9.78 Å². The fraction of sp³-hybridized carbons (Fsp3) is 0.200. The van der Waals surface area contributed by atoms with E-state index in [4.69, 9.17) is 1.41 Å². The smallest absolute Gasteiger partial charge is 0.314 e. The number of rotatable bonds is 0. The first-order chi connectivity index (χ1) is 4.61. The predicted octanol–water partition coefficient (Wildman–Crippen LogP) is -0.628. The highest BCUT2D eigenvalue weighted by atomic mass is 16.2. The Balaban J connectivity index is 3.59. The van der Waals surface area contributed by atoms with Crippen LogP contribution < -0.4 is 11.2 Å². The third-order valence-corrected chi connectivity index (χ3v) is 0.954. The van der Waals surface area contributed by atoms with Crippen molar-refractivity contribution in [2.45, 2.75) is 6.92 Å². The van der Waals surface area contributed by atoms with E-state index in [0.717, 1.165) is 0 Å². The second kappa shape index (κ2) is 1.89. The minimum atomic E-state index is -0.712. The maximum absolute atomic E-state index is 10.6. The van der Waals surface area contributed by atoms with Gasteiger partial charge < -0.3 is 4.98 Å². The summed E-state index contributed by atoms with van der Waals surface area (Å²) in [6, 6.07) is 0. The largest absolute Gasteiger partial charge is 0.325 e. The van der Waals surface area contributed by atoms with Gasteiger partial charge in [0, 0.05) is 11.8 Å². The van der Waals surface area contributed by atoms with Gasteiger partial charge in [-0.1, -0.05) is 0 Å². The van der Waals surface area contributed by atoms with E-state index in [9.17, 15) is 9.59 Å². The minimum Gasteiger partial charge on any atom is -0.314 e. The summed E-state index contributed by atoms with van der Waals surface area (Å²) >= 11 is 0. The molecule has 0 aliphatic heterocycles. The highest BCUT2D eigenvalue weighted by molar-refractivity contribution is 4.98. The molecule has 0 amide bonds. The first-order valence-corrected chi connectivity index (χ1v) is 2.43. The lowest BCUT2D eigenvalue weighted by Gasteiger charge is -1.84. The van der Waals surface area contributed by atoms with Crippen molar-refractivity contribution in [1.29, 1.82) is 0 Å². The zero-order valence-corrected chi connectivity index (χ0v) is 4.84. The van der Waals surface area contributed by atoms with E-state index in [1.165, 1.54) is 13.1 Å². The number of hydrogen-bond donors (Lipinski definition) is 2. The molecule has 0 saturated carbocycles. The van der Waals surface area contributed by atoms with Gasteiger partial charge >= 0.3 is 5.69 Å². The Morgan fingerprint density at radius 1 is 1.67 bits per heavy atom. The topological polar surface area (TPSA) is 65.7 Å². The second-order valence-corrected chi connectivity index (χ2v) is 1.70. The van der Waals surface area contributed by atoms with Crippen molar-refractivity contribution in [3.63, 3.8) is 0 Å². The van der Waals surface area contributed by atoms with Crippen LogP contribution in [0.1, 0.15) is 5.56 Å². The molecule has 0 aromatic carbocycles. The third-order valence-electron chi connectivity index (χ3n) is 0.954. The van der Waals surface area contributed by atoms with Gasteiger partial charge in [0.15, 0.2) is 1.41 Å². The first kappa shape index (κ1) is 4.55. The molecule has 4 nitrogen and oxygen atoms in total. The highest BCUT2D eigenvalue weighted by Crippen LogP contribution is 1.73. The van der Waals surface area contributed by atoms with Gasteiger partial charge in [-0.05, 0) is 6.92 Å². The fourth-order valence-electron chi connectivity index (χ4n) is 0.442. The Morgan fingerprint density at radius 2 is 2.33 bits per heavy atom. The molecule has 2 N–H and O–H groups in total. The molecular formula is C5H6N2O2. The number of nitrogens with one attached hydrogen (secondary N) is 2. The van der Waals surface area contributed by atoms with Gasteiger partial charge in [0.25, 0.3) is 5.56 Å². The standard InChI is InChI=1S/C5H6N2O2/c1-3-2-6-5(9)7-4(3)8/h2H,1H3,(H2,6,7,8,9)/i/hD. The van der Waals surface area contributed by atoms with Gasteiger partial charge in [0.1, 0.15) is 0 Å². The molecule has 1 aromatic heterocycles. The number of aromatic nitrogens is 2. The van der Waals surface area contributed by atoms with Gasteiger partial charge in [-0.15, -0.1) is 0 Å².